The number of carbonyl (C=O) groups excluding carboxylic acids is 3. The highest BCUT2D eigenvalue weighted by molar-refractivity contribution is 5.95. The van der Waals surface area contributed by atoms with E-state index >= 15 is 0 Å². The van der Waals surface area contributed by atoms with E-state index < -0.39 is 17.5 Å². The van der Waals surface area contributed by atoms with Crippen molar-refractivity contribution in [1.29, 1.82) is 0 Å². The molecule has 2 aromatic rings. The number of hydrogen-bond donors (Lipinski definition) is 3. The molecular weight excluding hydrogens is 382 g/mol. The number of amides is 3. The molecule has 7 nitrogen and oxygen atoms in total. The van der Waals surface area contributed by atoms with E-state index in [4.69, 9.17) is 0 Å². The summed E-state index contributed by atoms with van der Waals surface area (Å²) in [6.07, 6.45) is 0. The number of anilines is 3. The van der Waals surface area contributed by atoms with Gasteiger partial charge in [-0.2, -0.15) is 0 Å². The molecule has 0 aliphatic heterocycles. The first-order valence-corrected chi connectivity index (χ1v) is 8.91. The largest absolute Gasteiger partial charge is 0.326 e. The van der Waals surface area contributed by atoms with Crippen LogP contribution in [0.5, 0.6) is 0 Å². The molecule has 0 spiro atoms. The van der Waals surface area contributed by atoms with Crippen molar-refractivity contribution < 1.29 is 23.2 Å². The van der Waals surface area contributed by atoms with Crippen molar-refractivity contribution in [3.63, 3.8) is 0 Å². The van der Waals surface area contributed by atoms with E-state index in [2.05, 4.69) is 16.0 Å². The van der Waals surface area contributed by atoms with Gasteiger partial charge in [0.15, 0.2) is 0 Å². The predicted octanol–water partition coefficient (Wildman–Crippen LogP) is 2.82. The van der Waals surface area contributed by atoms with E-state index in [-0.39, 0.29) is 30.6 Å². The molecule has 0 heterocycles. The molecule has 3 N–H and O–H groups in total. The lowest BCUT2D eigenvalue weighted by atomic mass is 10.2. The molecule has 0 saturated heterocycles. The highest BCUT2D eigenvalue weighted by Crippen LogP contribution is 2.15. The summed E-state index contributed by atoms with van der Waals surface area (Å²) in [5.41, 5.74) is 1.02. The molecule has 3 amide bonds. The summed E-state index contributed by atoms with van der Waals surface area (Å²) in [5.74, 6) is -2.66. The zero-order valence-electron chi connectivity index (χ0n) is 16.1. The van der Waals surface area contributed by atoms with Crippen molar-refractivity contribution >= 4 is 34.8 Å². The third kappa shape index (κ3) is 7.30. The molecule has 0 unspecified atom stereocenters. The number of rotatable bonds is 8. The van der Waals surface area contributed by atoms with Crippen LogP contribution in [0, 0.1) is 11.6 Å². The Morgan fingerprint density at radius 3 is 1.93 bits per heavy atom. The Kier molecular flexibility index (Phi) is 7.79. The lowest BCUT2D eigenvalue weighted by Gasteiger charge is -2.19. The van der Waals surface area contributed by atoms with E-state index in [1.807, 2.05) is 0 Å². The minimum Gasteiger partial charge on any atom is -0.326 e. The van der Waals surface area contributed by atoms with Gasteiger partial charge in [0.05, 0.1) is 18.8 Å². The number of halogens is 2. The van der Waals surface area contributed by atoms with Crippen LogP contribution in [0.4, 0.5) is 25.8 Å². The molecule has 2 aromatic carbocycles. The molecule has 2 rings (SSSR count). The summed E-state index contributed by atoms with van der Waals surface area (Å²) in [5, 5.41) is 7.68. The maximum Gasteiger partial charge on any atom is 0.238 e. The van der Waals surface area contributed by atoms with Gasteiger partial charge in [-0.25, -0.2) is 8.78 Å². The standard InChI is InChI=1S/C20H22F2N4O3/c1-3-26(12-20(29)25-18-9-4-14(21)10-17(18)22)11-19(28)24-16-7-5-15(6-8-16)23-13(2)27/h4-10H,3,11-12H2,1-2H3,(H,23,27)(H,24,28)(H,25,29). The Morgan fingerprint density at radius 2 is 1.41 bits per heavy atom. The fourth-order valence-corrected chi connectivity index (χ4v) is 2.51. The van der Waals surface area contributed by atoms with Gasteiger partial charge in [0.1, 0.15) is 11.6 Å². The van der Waals surface area contributed by atoms with E-state index in [0.717, 1.165) is 12.1 Å². The van der Waals surface area contributed by atoms with Crippen molar-refractivity contribution in [3.8, 4) is 0 Å². The fourth-order valence-electron chi connectivity index (χ4n) is 2.51. The maximum atomic E-state index is 13.6. The first kappa shape index (κ1) is 22.0. The summed E-state index contributed by atoms with van der Waals surface area (Å²) in [6.45, 7) is 3.40. The smallest absolute Gasteiger partial charge is 0.238 e. The van der Waals surface area contributed by atoms with Crippen LogP contribution < -0.4 is 16.0 Å². The number of carbonyl (C=O) groups is 3. The summed E-state index contributed by atoms with van der Waals surface area (Å²) >= 11 is 0. The minimum absolute atomic E-state index is 0.0523. The van der Waals surface area contributed by atoms with Gasteiger partial charge in [0, 0.05) is 24.4 Å². The number of nitrogens with zero attached hydrogens (tertiary/aromatic N) is 1. The molecule has 0 aliphatic carbocycles. The highest BCUT2D eigenvalue weighted by Gasteiger charge is 2.15. The molecule has 0 atom stereocenters. The van der Waals surface area contributed by atoms with Crippen LogP contribution in [0.25, 0.3) is 0 Å². The molecule has 0 radical (unpaired) electrons. The molecule has 9 heteroatoms. The van der Waals surface area contributed by atoms with Crippen molar-refractivity contribution in [2.75, 3.05) is 35.6 Å². The van der Waals surface area contributed by atoms with Crippen LogP contribution in [0.1, 0.15) is 13.8 Å². The van der Waals surface area contributed by atoms with Crippen LogP contribution >= 0.6 is 0 Å². The zero-order chi connectivity index (χ0) is 21.4. The Bertz CT molecular complexity index is 888. The summed E-state index contributed by atoms with van der Waals surface area (Å²) in [4.78, 5) is 36.9. The Balaban J connectivity index is 1.87. The monoisotopic (exact) mass is 404 g/mol. The van der Waals surface area contributed by atoms with Gasteiger partial charge >= 0.3 is 0 Å². The van der Waals surface area contributed by atoms with Gasteiger partial charge in [-0.1, -0.05) is 6.92 Å². The maximum absolute atomic E-state index is 13.6. The molecular formula is C20H22F2N4O3. The molecule has 0 aromatic heterocycles. The zero-order valence-corrected chi connectivity index (χ0v) is 16.1. The molecule has 154 valence electrons. The van der Waals surface area contributed by atoms with E-state index in [1.165, 1.54) is 6.92 Å². The van der Waals surface area contributed by atoms with Gasteiger partial charge in [-0.3, -0.25) is 19.3 Å². The van der Waals surface area contributed by atoms with Gasteiger partial charge in [0.2, 0.25) is 17.7 Å². The van der Waals surface area contributed by atoms with Crippen molar-refractivity contribution in [3.05, 3.63) is 54.1 Å². The number of likely N-dealkylation sites (N-methyl/N-ethyl adjacent to an activating group) is 1. The van der Waals surface area contributed by atoms with Gasteiger partial charge < -0.3 is 16.0 Å². The van der Waals surface area contributed by atoms with E-state index in [1.54, 1.807) is 36.1 Å². The van der Waals surface area contributed by atoms with Gasteiger partial charge in [-0.05, 0) is 42.9 Å². The number of benzene rings is 2. The van der Waals surface area contributed by atoms with Crippen LogP contribution in [0.3, 0.4) is 0 Å². The lowest BCUT2D eigenvalue weighted by molar-refractivity contribution is -0.120. The van der Waals surface area contributed by atoms with Crippen molar-refractivity contribution in [2.45, 2.75) is 13.8 Å². The second-order valence-corrected chi connectivity index (χ2v) is 6.28. The summed E-state index contributed by atoms with van der Waals surface area (Å²) < 4.78 is 26.6. The number of hydrogen-bond acceptors (Lipinski definition) is 4. The topological polar surface area (TPSA) is 90.5 Å². The molecule has 0 fully saturated rings. The first-order valence-electron chi connectivity index (χ1n) is 8.91. The minimum atomic E-state index is -0.873. The second-order valence-electron chi connectivity index (χ2n) is 6.28. The van der Waals surface area contributed by atoms with Gasteiger partial charge in [-0.15, -0.1) is 0 Å². The predicted molar refractivity (Wildman–Crippen MR) is 106 cm³/mol. The lowest BCUT2D eigenvalue weighted by Crippen LogP contribution is -2.38. The van der Waals surface area contributed by atoms with Crippen LogP contribution in [-0.2, 0) is 14.4 Å². The molecule has 0 aliphatic rings. The van der Waals surface area contributed by atoms with Crippen LogP contribution in [-0.4, -0.2) is 42.3 Å². The van der Waals surface area contributed by atoms with Crippen LogP contribution in [0.15, 0.2) is 42.5 Å². The molecule has 0 saturated carbocycles. The fraction of sp³-hybridized carbons (Fsp3) is 0.250. The van der Waals surface area contributed by atoms with Crippen molar-refractivity contribution in [2.24, 2.45) is 0 Å². The average molecular weight is 404 g/mol. The SMILES string of the molecule is CCN(CC(=O)Nc1ccc(NC(C)=O)cc1)CC(=O)Nc1ccc(F)cc1F. The number of nitrogens with one attached hydrogen (secondary N) is 3. The molecule has 0 bridgehead atoms. The normalized spacial score (nSPS) is 10.5. The third-order valence-corrected chi connectivity index (χ3v) is 3.88. The Hall–Kier alpha value is -3.33. The second kappa shape index (κ2) is 10.3. The summed E-state index contributed by atoms with van der Waals surface area (Å²) in [7, 11) is 0. The molecule has 29 heavy (non-hydrogen) atoms. The Morgan fingerprint density at radius 1 is 0.862 bits per heavy atom. The first-order chi connectivity index (χ1) is 13.8. The van der Waals surface area contributed by atoms with E-state index in [0.29, 0.717) is 24.0 Å². The highest BCUT2D eigenvalue weighted by atomic mass is 19.1. The summed E-state index contributed by atoms with van der Waals surface area (Å²) in [6, 6.07) is 9.44. The van der Waals surface area contributed by atoms with Crippen LogP contribution in [0.2, 0.25) is 0 Å². The average Bonchev–Trinajstić information content (AvgIpc) is 2.64. The quantitative estimate of drug-likeness (QED) is 0.631. The van der Waals surface area contributed by atoms with Gasteiger partial charge in [0.25, 0.3) is 0 Å². The van der Waals surface area contributed by atoms with Crippen molar-refractivity contribution in [1.82, 2.24) is 4.90 Å². The van der Waals surface area contributed by atoms with E-state index in [9.17, 15) is 23.2 Å². The third-order valence-electron chi connectivity index (χ3n) is 3.88. The Labute approximate surface area is 167 Å².